The number of aliphatic hydroxyl groups is 2. The zero-order valence-corrected chi connectivity index (χ0v) is 35.6. The lowest BCUT2D eigenvalue weighted by Crippen LogP contribution is -2.51. The highest BCUT2D eigenvalue weighted by molar-refractivity contribution is 6.25. The topological polar surface area (TPSA) is 146 Å². The first-order chi connectivity index (χ1) is 25.2. The SMILES string of the molecule is C.CC(C)CCC(=O)[C@@]1(O)C(O)=C(C(=O)CC(C)C)C(=O)[C@@H]1CCC(C)C.CC(C)CCC(=O)[C@@]12OCOC1[C@H]1C(CC(C)C)OCOC1[C@@H]2CCC(C)C. The van der Waals surface area contributed by atoms with Crippen molar-refractivity contribution in [2.45, 2.75) is 184 Å². The van der Waals surface area contributed by atoms with Gasteiger partial charge in [-0.3, -0.25) is 19.2 Å². The van der Waals surface area contributed by atoms with Crippen molar-refractivity contribution in [1.29, 1.82) is 0 Å². The highest BCUT2D eigenvalue weighted by Gasteiger charge is 2.70. The molecule has 2 aliphatic heterocycles. The number of ether oxygens (including phenoxy) is 4. The van der Waals surface area contributed by atoms with E-state index in [0.717, 1.165) is 25.7 Å². The lowest BCUT2D eigenvalue weighted by Gasteiger charge is -2.38. The first kappa shape index (κ1) is 49.2. The van der Waals surface area contributed by atoms with Crippen LogP contribution in [0.5, 0.6) is 0 Å². The fourth-order valence-corrected chi connectivity index (χ4v) is 8.76. The van der Waals surface area contributed by atoms with E-state index < -0.39 is 40.2 Å². The molecule has 0 aromatic rings. The second-order valence-corrected chi connectivity index (χ2v) is 19.0. The van der Waals surface area contributed by atoms with Crippen LogP contribution in [0.4, 0.5) is 0 Å². The van der Waals surface area contributed by atoms with Gasteiger partial charge in [0.25, 0.3) is 0 Å². The number of hydrogen-bond acceptors (Lipinski definition) is 10. The minimum Gasteiger partial charge on any atom is -0.508 e. The van der Waals surface area contributed by atoms with E-state index in [1.54, 1.807) is 0 Å². The molecule has 55 heavy (non-hydrogen) atoms. The molecule has 2 aliphatic carbocycles. The summed E-state index contributed by atoms with van der Waals surface area (Å²) in [7, 11) is 0. The molecule has 3 fully saturated rings. The number of carbonyl (C=O) groups excluding carboxylic acids is 4. The molecule has 0 aromatic carbocycles. The van der Waals surface area contributed by atoms with E-state index in [1.165, 1.54) is 0 Å². The third-order valence-electron chi connectivity index (χ3n) is 11.7. The number of ketones is 4. The molecule has 0 amide bonds. The van der Waals surface area contributed by atoms with Crippen LogP contribution in [0, 0.1) is 53.3 Å². The lowest BCUT2D eigenvalue weighted by atomic mass is 9.78. The minimum absolute atomic E-state index is 0. The molecule has 3 unspecified atom stereocenters. The van der Waals surface area contributed by atoms with Crippen LogP contribution in [-0.2, 0) is 38.1 Å². The second-order valence-electron chi connectivity index (χ2n) is 19.0. The van der Waals surface area contributed by atoms with Crippen LogP contribution in [0.3, 0.4) is 0 Å². The van der Waals surface area contributed by atoms with Crippen molar-refractivity contribution < 1.29 is 48.3 Å². The maximum absolute atomic E-state index is 13.6. The second kappa shape index (κ2) is 21.1. The molecule has 2 N–H and O–H groups in total. The first-order valence-corrected chi connectivity index (χ1v) is 21.0. The Labute approximate surface area is 333 Å². The Balaban J connectivity index is 0.000000375. The Morgan fingerprint density at radius 2 is 1.25 bits per heavy atom. The summed E-state index contributed by atoms with van der Waals surface area (Å²) in [6, 6.07) is 0. The Kier molecular flexibility index (Phi) is 18.9. The molecule has 0 radical (unpaired) electrons. The summed E-state index contributed by atoms with van der Waals surface area (Å²) in [6.45, 7) is 25.3. The largest absolute Gasteiger partial charge is 0.508 e. The lowest BCUT2D eigenvalue weighted by molar-refractivity contribution is -0.229. The van der Waals surface area contributed by atoms with Gasteiger partial charge in [-0.25, -0.2) is 0 Å². The van der Waals surface area contributed by atoms with E-state index in [2.05, 4.69) is 41.5 Å². The normalized spacial score (nSPS) is 30.3. The maximum atomic E-state index is 13.6. The monoisotopic (exact) mass is 779 g/mol. The standard InChI is InChI=1S/C23H40O5.C21H34O5.CH4/c1-14(2)7-9-17-21-20(18(11-16(5)6)25-12-26-21)22-23(17,28-13-27-22)19(24)10-8-15(3)4;1-12(2)7-9-15-19(24)18(16(22)11-14(5)6)20(25)21(15,26)17(23)10-8-13(3)4;/h14-18,20-22H,7-13H2,1-6H3;12-15,25-26H,7-11H2,1-6H3;1H4/t17-,18?,20-,21?,22?,23+;15-,21+;/m00./s1. The molecular weight excluding hydrogens is 700 g/mol. The number of fused-ring (bicyclic) bond motifs is 3. The summed E-state index contributed by atoms with van der Waals surface area (Å²) < 4.78 is 24.6. The van der Waals surface area contributed by atoms with Crippen molar-refractivity contribution in [2.24, 2.45) is 53.3 Å². The molecule has 10 nitrogen and oxygen atoms in total. The van der Waals surface area contributed by atoms with Crippen molar-refractivity contribution in [3.05, 3.63) is 11.3 Å². The van der Waals surface area contributed by atoms with Gasteiger partial charge in [0.1, 0.15) is 31.0 Å². The number of allylic oxidation sites excluding steroid dienone is 1. The quantitative estimate of drug-likeness (QED) is 0.122. The van der Waals surface area contributed by atoms with E-state index in [4.69, 9.17) is 18.9 Å². The molecule has 0 spiro atoms. The number of Topliss-reactive ketones (excluding diaryl/α,β-unsaturated/α-hetero) is 4. The summed E-state index contributed by atoms with van der Waals surface area (Å²) in [5, 5.41) is 21.7. The fourth-order valence-electron chi connectivity index (χ4n) is 8.76. The number of rotatable bonds is 19. The van der Waals surface area contributed by atoms with Crippen LogP contribution in [-0.4, -0.2) is 76.4 Å². The number of carbonyl (C=O) groups is 4. The Morgan fingerprint density at radius 3 is 1.78 bits per heavy atom. The summed E-state index contributed by atoms with van der Waals surface area (Å²) in [6.07, 6.45) is 5.76. The van der Waals surface area contributed by atoms with Crippen molar-refractivity contribution in [3.63, 3.8) is 0 Å². The van der Waals surface area contributed by atoms with Crippen LogP contribution in [0.2, 0.25) is 0 Å². The predicted octanol–water partition coefficient (Wildman–Crippen LogP) is 8.99. The van der Waals surface area contributed by atoms with Crippen LogP contribution >= 0.6 is 0 Å². The zero-order valence-electron chi connectivity index (χ0n) is 35.6. The van der Waals surface area contributed by atoms with Gasteiger partial charge in [0.2, 0.25) is 0 Å². The van der Waals surface area contributed by atoms with Gasteiger partial charge in [-0.15, -0.1) is 0 Å². The van der Waals surface area contributed by atoms with Gasteiger partial charge >= 0.3 is 0 Å². The molecule has 318 valence electrons. The van der Waals surface area contributed by atoms with Crippen LogP contribution in [0.25, 0.3) is 0 Å². The van der Waals surface area contributed by atoms with Gasteiger partial charge in [0.15, 0.2) is 34.3 Å². The Bertz CT molecular complexity index is 1310. The summed E-state index contributed by atoms with van der Waals surface area (Å²) in [5.41, 5.74) is -3.49. The molecule has 4 aliphatic rings. The molecule has 8 atom stereocenters. The minimum atomic E-state index is -2.26. The van der Waals surface area contributed by atoms with E-state index >= 15 is 0 Å². The zero-order chi connectivity index (χ0) is 40.7. The molecular formula is C45H78O10. The predicted molar refractivity (Wildman–Crippen MR) is 215 cm³/mol. The van der Waals surface area contributed by atoms with Crippen molar-refractivity contribution >= 4 is 23.1 Å². The van der Waals surface area contributed by atoms with Crippen LogP contribution in [0.15, 0.2) is 11.3 Å². The fraction of sp³-hybridized carbons (Fsp3) is 0.867. The van der Waals surface area contributed by atoms with Gasteiger partial charge in [-0.05, 0) is 67.6 Å². The maximum Gasteiger partial charge on any atom is 0.190 e. The number of aliphatic hydroxyl groups excluding tert-OH is 1. The number of hydrogen-bond donors (Lipinski definition) is 2. The third-order valence-corrected chi connectivity index (χ3v) is 11.7. The molecule has 0 bridgehead atoms. The van der Waals surface area contributed by atoms with E-state index in [-0.39, 0.29) is 92.7 Å². The average molecular weight is 779 g/mol. The van der Waals surface area contributed by atoms with Crippen LogP contribution < -0.4 is 0 Å². The van der Waals surface area contributed by atoms with Gasteiger partial charge in [0, 0.05) is 31.1 Å². The van der Waals surface area contributed by atoms with Gasteiger partial charge in [-0.1, -0.05) is 103 Å². The summed E-state index contributed by atoms with van der Waals surface area (Å²) in [5.74, 6) is -1.01. The van der Waals surface area contributed by atoms with E-state index in [0.29, 0.717) is 43.8 Å². The van der Waals surface area contributed by atoms with Gasteiger partial charge in [-0.2, -0.15) is 0 Å². The molecule has 2 saturated heterocycles. The Morgan fingerprint density at radius 1 is 0.709 bits per heavy atom. The summed E-state index contributed by atoms with van der Waals surface area (Å²) >= 11 is 0. The molecule has 10 heteroatoms. The van der Waals surface area contributed by atoms with E-state index in [1.807, 2.05) is 41.5 Å². The third kappa shape index (κ3) is 11.4. The molecule has 0 aromatic heterocycles. The molecule has 1 saturated carbocycles. The first-order valence-electron chi connectivity index (χ1n) is 21.0. The molecule has 4 rings (SSSR count). The highest BCUT2D eigenvalue weighted by Crippen LogP contribution is 2.55. The van der Waals surface area contributed by atoms with E-state index in [9.17, 15) is 29.4 Å². The van der Waals surface area contributed by atoms with Crippen molar-refractivity contribution in [1.82, 2.24) is 0 Å². The Hall–Kier alpha value is -1.98. The van der Waals surface area contributed by atoms with Crippen LogP contribution in [0.1, 0.15) is 155 Å². The van der Waals surface area contributed by atoms with Gasteiger partial charge < -0.3 is 29.2 Å². The van der Waals surface area contributed by atoms with Crippen molar-refractivity contribution in [2.75, 3.05) is 13.6 Å². The average Bonchev–Trinajstić information content (AvgIpc) is 3.67. The van der Waals surface area contributed by atoms with Gasteiger partial charge in [0.05, 0.1) is 18.1 Å². The summed E-state index contributed by atoms with van der Waals surface area (Å²) in [4.78, 5) is 51.7. The van der Waals surface area contributed by atoms with Crippen molar-refractivity contribution in [3.8, 4) is 0 Å². The highest BCUT2D eigenvalue weighted by atomic mass is 16.7. The molecule has 2 heterocycles. The smallest absolute Gasteiger partial charge is 0.190 e.